The van der Waals surface area contributed by atoms with E-state index in [4.69, 9.17) is 0 Å². The van der Waals surface area contributed by atoms with Crippen molar-refractivity contribution in [2.75, 3.05) is 13.1 Å². The lowest BCUT2D eigenvalue weighted by atomic mass is 9.68. The van der Waals surface area contributed by atoms with Gasteiger partial charge < -0.3 is 4.90 Å². The van der Waals surface area contributed by atoms with E-state index in [1.165, 1.54) is 12.8 Å². The fraction of sp³-hybridized carbons (Fsp3) is 0.947. The van der Waals surface area contributed by atoms with Crippen molar-refractivity contribution in [1.82, 2.24) is 4.90 Å². The fourth-order valence-corrected chi connectivity index (χ4v) is 3.62. The molecule has 0 unspecified atom stereocenters. The van der Waals surface area contributed by atoms with Crippen LogP contribution in [0.25, 0.3) is 0 Å². The van der Waals surface area contributed by atoms with Gasteiger partial charge in [-0.05, 0) is 42.4 Å². The largest absolute Gasteiger partial charge is 0.342 e. The van der Waals surface area contributed by atoms with Gasteiger partial charge in [0.1, 0.15) is 0 Å². The Balaban J connectivity index is 2.66. The van der Waals surface area contributed by atoms with E-state index in [0.717, 1.165) is 31.3 Å². The van der Waals surface area contributed by atoms with E-state index in [-0.39, 0.29) is 10.8 Å². The lowest BCUT2D eigenvalue weighted by Gasteiger charge is -2.42. The van der Waals surface area contributed by atoms with Crippen LogP contribution in [0.1, 0.15) is 74.7 Å². The van der Waals surface area contributed by atoms with E-state index < -0.39 is 0 Å². The molecule has 0 aromatic carbocycles. The third kappa shape index (κ3) is 4.72. The highest BCUT2D eigenvalue weighted by molar-refractivity contribution is 5.82. The Morgan fingerprint density at radius 2 is 1.52 bits per heavy atom. The summed E-state index contributed by atoms with van der Waals surface area (Å²) in [5.41, 5.74) is -0.0478. The van der Waals surface area contributed by atoms with Gasteiger partial charge in [-0.25, -0.2) is 0 Å². The monoisotopic (exact) mass is 295 g/mol. The molecule has 0 spiro atoms. The second-order valence-electron chi connectivity index (χ2n) is 9.08. The number of nitrogens with zero attached hydrogens (tertiary/aromatic N) is 1. The highest BCUT2D eigenvalue weighted by Crippen LogP contribution is 2.40. The van der Waals surface area contributed by atoms with Gasteiger partial charge >= 0.3 is 0 Å². The van der Waals surface area contributed by atoms with Crippen molar-refractivity contribution in [3.8, 4) is 0 Å². The summed E-state index contributed by atoms with van der Waals surface area (Å²) in [5.74, 6) is 2.49. The summed E-state index contributed by atoms with van der Waals surface area (Å²) in [6.45, 7) is 19.9. The van der Waals surface area contributed by atoms with Crippen molar-refractivity contribution in [2.45, 2.75) is 74.7 Å². The highest BCUT2D eigenvalue weighted by Gasteiger charge is 2.39. The molecule has 1 amide bonds. The summed E-state index contributed by atoms with van der Waals surface area (Å²) in [4.78, 5) is 15.0. The SMILES string of the molecule is CC(C)C1CCN(C(=O)C(C)(C)CC(C)(C)C(C)C)CC1. The molecule has 0 aromatic rings. The van der Waals surface area contributed by atoms with Crippen molar-refractivity contribution < 1.29 is 4.79 Å². The molecule has 0 N–H and O–H groups in total. The molecule has 1 heterocycles. The Morgan fingerprint density at radius 3 is 1.90 bits per heavy atom. The second kappa shape index (κ2) is 6.71. The molecular weight excluding hydrogens is 258 g/mol. The molecule has 0 aromatic heterocycles. The number of amides is 1. The van der Waals surface area contributed by atoms with Gasteiger partial charge in [0.05, 0.1) is 0 Å². The van der Waals surface area contributed by atoms with Gasteiger partial charge in [0.15, 0.2) is 0 Å². The van der Waals surface area contributed by atoms with Crippen LogP contribution >= 0.6 is 0 Å². The van der Waals surface area contributed by atoms with Gasteiger partial charge in [0.25, 0.3) is 0 Å². The molecule has 1 fully saturated rings. The normalized spacial score (nSPS) is 18.7. The number of hydrogen-bond donors (Lipinski definition) is 0. The van der Waals surface area contributed by atoms with Gasteiger partial charge in [-0.3, -0.25) is 4.79 Å². The average Bonchev–Trinajstić information content (AvgIpc) is 2.36. The summed E-state index contributed by atoms with van der Waals surface area (Å²) in [6, 6.07) is 0. The molecular formula is C19H37NO. The Kier molecular flexibility index (Phi) is 5.91. The molecule has 124 valence electrons. The molecule has 1 aliphatic rings. The summed E-state index contributed by atoms with van der Waals surface area (Å²) in [7, 11) is 0. The molecule has 0 radical (unpaired) electrons. The van der Waals surface area contributed by atoms with Crippen LogP contribution in [0.3, 0.4) is 0 Å². The molecule has 1 saturated heterocycles. The van der Waals surface area contributed by atoms with E-state index in [2.05, 4.69) is 60.3 Å². The van der Waals surface area contributed by atoms with Crippen LogP contribution in [0.15, 0.2) is 0 Å². The highest BCUT2D eigenvalue weighted by atomic mass is 16.2. The predicted molar refractivity (Wildman–Crippen MR) is 91.2 cm³/mol. The zero-order valence-corrected chi connectivity index (χ0v) is 15.6. The maximum Gasteiger partial charge on any atom is 0.228 e. The molecule has 21 heavy (non-hydrogen) atoms. The van der Waals surface area contributed by atoms with Crippen molar-refractivity contribution >= 4 is 5.91 Å². The zero-order chi connectivity index (χ0) is 16.4. The molecule has 1 rings (SSSR count). The van der Waals surface area contributed by atoms with Crippen LogP contribution in [0, 0.1) is 28.6 Å². The quantitative estimate of drug-likeness (QED) is 0.700. The van der Waals surface area contributed by atoms with E-state index >= 15 is 0 Å². The van der Waals surface area contributed by atoms with Crippen LogP contribution in [0.5, 0.6) is 0 Å². The lowest BCUT2D eigenvalue weighted by molar-refractivity contribution is -0.144. The Morgan fingerprint density at radius 1 is 1.05 bits per heavy atom. The van der Waals surface area contributed by atoms with Crippen molar-refractivity contribution in [1.29, 1.82) is 0 Å². The number of piperidine rings is 1. The van der Waals surface area contributed by atoms with Crippen LogP contribution in [0.2, 0.25) is 0 Å². The molecule has 1 aliphatic heterocycles. The maximum absolute atomic E-state index is 12.9. The molecule has 0 saturated carbocycles. The predicted octanol–water partition coefficient (Wildman–Crippen LogP) is 4.98. The topological polar surface area (TPSA) is 20.3 Å². The number of likely N-dealkylation sites (tertiary alicyclic amines) is 1. The number of carbonyl (C=O) groups is 1. The van der Waals surface area contributed by atoms with Crippen molar-refractivity contribution in [2.24, 2.45) is 28.6 Å². The Bertz CT molecular complexity index is 347. The van der Waals surface area contributed by atoms with Gasteiger partial charge in [-0.2, -0.15) is 0 Å². The smallest absolute Gasteiger partial charge is 0.228 e. The minimum atomic E-state index is -0.252. The van der Waals surface area contributed by atoms with E-state index in [1.807, 2.05) is 0 Å². The lowest BCUT2D eigenvalue weighted by Crippen LogP contribution is -2.47. The maximum atomic E-state index is 12.9. The number of rotatable bonds is 5. The third-order valence-corrected chi connectivity index (χ3v) is 5.81. The van der Waals surface area contributed by atoms with Gasteiger partial charge in [0.2, 0.25) is 5.91 Å². The summed E-state index contributed by atoms with van der Waals surface area (Å²) < 4.78 is 0. The van der Waals surface area contributed by atoms with Crippen molar-refractivity contribution in [3.05, 3.63) is 0 Å². The average molecular weight is 296 g/mol. The Hall–Kier alpha value is -0.530. The van der Waals surface area contributed by atoms with Gasteiger partial charge in [-0.1, -0.05) is 55.4 Å². The van der Waals surface area contributed by atoms with Gasteiger partial charge in [0, 0.05) is 18.5 Å². The Labute approximate surface area is 132 Å². The van der Waals surface area contributed by atoms with Crippen LogP contribution in [-0.2, 0) is 4.79 Å². The molecule has 0 bridgehead atoms. The fourth-order valence-electron chi connectivity index (χ4n) is 3.62. The first-order chi connectivity index (χ1) is 9.47. The van der Waals surface area contributed by atoms with Crippen molar-refractivity contribution in [3.63, 3.8) is 0 Å². The van der Waals surface area contributed by atoms with Gasteiger partial charge in [-0.15, -0.1) is 0 Å². The standard InChI is InChI=1S/C19H37NO/c1-14(2)16-9-11-20(12-10-16)17(21)19(7,8)13-18(5,6)15(3)4/h14-16H,9-13H2,1-8H3. The van der Waals surface area contributed by atoms with Crippen LogP contribution < -0.4 is 0 Å². The minimum absolute atomic E-state index is 0.204. The summed E-state index contributed by atoms with van der Waals surface area (Å²) in [5, 5.41) is 0. The first-order valence-electron chi connectivity index (χ1n) is 8.77. The summed E-state index contributed by atoms with van der Waals surface area (Å²) >= 11 is 0. The number of hydrogen-bond acceptors (Lipinski definition) is 1. The molecule has 0 aliphatic carbocycles. The zero-order valence-electron chi connectivity index (χ0n) is 15.6. The molecule has 2 heteroatoms. The third-order valence-electron chi connectivity index (χ3n) is 5.81. The minimum Gasteiger partial charge on any atom is -0.342 e. The molecule has 0 atom stereocenters. The van der Waals surface area contributed by atoms with Crippen LogP contribution in [0.4, 0.5) is 0 Å². The van der Waals surface area contributed by atoms with E-state index in [1.54, 1.807) is 0 Å². The molecule has 2 nitrogen and oxygen atoms in total. The summed E-state index contributed by atoms with van der Waals surface area (Å²) in [6.07, 6.45) is 3.31. The second-order valence-corrected chi connectivity index (χ2v) is 9.08. The first-order valence-corrected chi connectivity index (χ1v) is 8.77. The number of carbonyl (C=O) groups excluding carboxylic acids is 1. The first kappa shape index (κ1) is 18.5. The van der Waals surface area contributed by atoms with E-state index in [9.17, 15) is 4.79 Å². The van der Waals surface area contributed by atoms with Crippen LogP contribution in [-0.4, -0.2) is 23.9 Å². The van der Waals surface area contributed by atoms with E-state index in [0.29, 0.717) is 11.8 Å².